The Labute approximate surface area is 110 Å². The molecule has 3 rings (SSSR count). The van der Waals surface area contributed by atoms with Crippen LogP contribution >= 0.6 is 11.6 Å². The molecular formula is C13H13ClN2O2. The van der Waals surface area contributed by atoms with Crippen molar-refractivity contribution in [2.24, 2.45) is 0 Å². The van der Waals surface area contributed by atoms with E-state index in [2.05, 4.69) is 0 Å². The average molecular weight is 265 g/mol. The molecule has 0 radical (unpaired) electrons. The molecule has 2 aliphatic heterocycles. The van der Waals surface area contributed by atoms with Gasteiger partial charge in [-0.15, -0.1) is 0 Å². The van der Waals surface area contributed by atoms with Gasteiger partial charge in [0, 0.05) is 18.1 Å². The molecule has 0 unspecified atom stereocenters. The van der Waals surface area contributed by atoms with Crippen LogP contribution in [0, 0.1) is 0 Å². The maximum atomic E-state index is 12.3. The van der Waals surface area contributed by atoms with Crippen LogP contribution in [-0.4, -0.2) is 34.9 Å². The summed E-state index contributed by atoms with van der Waals surface area (Å²) in [6.45, 7) is 1.29. The zero-order chi connectivity index (χ0) is 12.7. The fourth-order valence-corrected chi connectivity index (χ4v) is 2.69. The number of hydrazine groups is 1. The summed E-state index contributed by atoms with van der Waals surface area (Å²) in [7, 11) is 0. The highest BCUT2D eigenvalue weighted by Gasteiger charge is 2.46. The van der Waals surface area contributed by atoms with Crippen molar-refractivity contribution in [3.63, 3.8) is 0 Å². The number of halogens is 1. The van der Waals surface area contributed by atoms with Gasteiger partial charge in [0.2, 0.25) is 0 Å². The van der Waals surface area contributed by atoms with Gasteiger partial charge in [0.05, 0.1) is 0 Å². The third kappa shape index (κ3) is 1.68. The third-order valence-electron chi connectivity index (χ3n) is 3.49. The molecule has 0 aliphatic carbocycles. The minimum Gasteiger partial charge on any atom is -0.272 e. The van der Waals surface area contributed by atoms with Gasteiger partial charge in [0.1, 0.15) is 5.92 Å². The second kappa shape index (κ2) is 4.28. The Hall–Kier alpha value is -1.55. The first kappa shape index (κ1) is 11.5. The number of fused-ring (bicyclic) bond motifs is 1. The van der Waals surface area contributed by atoms with Crippen LogP contribution in [-0.2, 0) is 9.59 Å². The van der Waals surface area contributed by atoms with Crippen molar-refractivity contribution in [2.75, 3.05) is 13.1 Å². The van der Waals surface area contributed by atoms with E-state index in [9.17, 15) is 9.59 Å². The Kier molecular flexibility index (Phi) is 2.74. The monoisotopic (exact) mass is 264 g/mol. The second-order valence-corrected chi connectivity index (χ2v) is 5.05. The number of amides is 2. The molecule has 2 amide bonds. The van der Waals surface area contributed by atoms with Crippen LogP contribution in [0.25, 0.3) is 0 Å². The lowest BCUT2D eigenvalue weighted by atomic mass is 9.99. The van der Waals surface area contributed by atoms with Gasteiger partial charge < -0.3 is 0 Å². The van der Waals surface area contributed by atoms with Gasteiger partial charge in [-0.2, -0.15) is 0 Å². The smallest absolute Gasteiger partial charge is 0.258 e. The molecule has 1 aromatic carbocycles. The van der Waals surface area contributed by atoms with Crippen molar-refractivity contribution in [2.45, 2.75) is 18.8 Å². The zero-order valence-electron chi connectivity index (χ0n) is 9.80. The highest BCUT2D eigenvalue weighted by molar-refractivity contribution is 6.30. The van der Waals surface area contributed by atoms with E-state index in [0.29, 0.717) is 18.1 Å². The predicted octanol–water partition coefficient (Wildman–Crippen LogP) is 1.80. The summed E-state index contributed by atoms with van der Waals surface area (Å²) in [5.74, 6) is -0.899. The number of benzene rings is 1. The van der Waals surface area contributed by atoms with Crippen LogP contribution in [0.1, 0.15) is 24.3 Å². The molecule has 1 aromatic rings. The Morgan fingerprint density at radius 3 is 1.94 bits per heavy atom. The molecule has 4 nitrogen and oxygen atoms in total. The molecule has 2 fully saturated rings. The summed E-state index contributed by atoms with van der Waals surface area (Å²) in [6, 6.07) is 6.93. The van der Waals surface area contributed by atoms with Gasteiger partial charge in [0.15, 0.2) is 0 Å². The molecule has 0 bridgehead atoms. The van der Waals surface area contributed by atoms with Crippen molar-refractivity contribution in [1.82, 2.24) is 10.0 Å². The van der Waals surface area contributed by atoms with E-state index in [-0.39, 0.29) is 11.8 Å². The van der Waals surface area contributed by atoms with Gasteiger partial charge in [0.25, 0.3) is 11.8 Å². The molecule has 2 aliphatic rings. The van der Waals surface area contributed by atoms with Crippen molar-refractivity contribution in [1.29, 1.82) is 0 Å². The number of nitrogens with zero attached hydrogens (tertiary/aromatic N) is 2. The quantitative estimate of drug-likeness (QED) is 0.726. The van der Waals surface area contributed by atoms with Crippen molar-refractivity contribution < 1.29 is 9.59 Å². The number of hydrogen-bond donors (Lipinski definition) is 0. The van der Waals surface area contributed by atoms with Crippen LogP contribution in [0.15, 0.2) is 24.3 Å². The molecule has 5 heteroatoms. The van der Waals surface area contributed by atoms with Crippen LogP contribution < -0.4 is 0 Å². The van der Waals surface area contributed by atoms with Gasteiger partial charge in [-0.05, 0) is 30.5 Å². The van der Waals surface area contributed by atoms with Crippen LogP contribution in [0.2, 0.25) is 5.02 Å². The van der Waals surface area contributed by atoms with Crippen LogP contribution in [0.3, 0.4) is 0 Å². The number of rotatable bonds is 1. The number of carbonyl (C=O) groups excluding carboxylic acids is 2. The highest BCUT2D eigenvalue weighted by atomic mass is 35.5. The SMILES string of the molecule is O=C1C(c2ccc(Cl)cc2)C(=O)N2CCCCN12. The maximum Gasteiger partial charge on any atom is 0.258 e. The Balaban J connectivity index is 1.95. The standard InChI is InChI=1S/C13H13ClN2O2/c14-10-5-3-9(4-6-10)11-12(17)15-7-1-2-8-16(15)13(11)18/h3-6,11H,1-2,7-8H2. The number of hydrogen-bond acceptors (Lipinski definition) is 2. The van der Waals surface area contributed by atoms with E-state index < -0.39 is 5.92 Å². The largest absolute Gasteiger partial charge is 0.272 e. The van der Waals surface area contributed by atoms with E-state index in [1.807, 2.05) is 0 Å². The van der Waals surface area contributed by atoms with Gasteiger partial charge in [-0.1, -0.05) is 23.7 Å². The van der Waals surface area contributed by atoms with E-state index in [1.165, 1.54) is 0 Å². The molecule has 0 spiro atoms. The lowest BCUT2D eigenvalue weighted by Gasteiger charge is -2.31. The normalized spacial score (nSPS) is 20.5. The first-order chi connectivity index (χ1) is 8.68. The molecule has 0 aromatic heterocycles. The molecule has 0 atom stereocenters. The fraction of sp³-hybridized carbons (Fsp3) is 0.385. The molecule has 18 heavy (non-hydrogen) atoms. The Morgan fingerprint density at radius 2 is 1.44 bits per heavy atom. The number of carbonyl (C=O) groups is 2. The van der Waals surface area contributed by atoms with Gasteiger partial charge in [-0.3, -0.25) is 19.6 Å². The molecule has 0 N–H and O–H groups in total. The van der Waals surface area contributed by atoms with Crippen molar-refractivity contribution in [3.05, 3.63) is 34.9 Å². The zero-order valence-corrected chi connectivity index (χ0v) is 10.6. The Morgan fingerprint density at radius 1 is 0.944 bits per heavy atom. The lowest BCUT2D eigenvalue weighted by molar-refractivity contribution is -0.150. The average Bonchev–Trinajstić information content (AvgIpc) is 2.64. The summed E-state index contributed by atoms with van der Waals surface area (Å²) < 4.78 is 0. The van der Waals surface area contributed by atoms with E-state index in [0.717, 1.165) is 18.4 Å². The van der Waals surface area contributed by atoms with E-state index in [4.69, 9.17) is 11.6 Å². The van der Waals surface area contributed by atoms with E-state index in [1.54, 1.807) is 34.3 Å². The van der Waals surface area contributed by atoms with Crippen LogP contribution in [0.4, 0.5) is 0 Å². The first-order valence-corrected chi connectivity index (χ1v) is 6.44. The van der Waals surface area contributed by atoms with Crippen LogP contribution in [0.5, 0.6) is 0 Å². The Bertz CT molecular complexity index is 476. The van der Waals surface area contributed by atoms with Crippen molar-refractivity contribution in [3.8, 4) is 0 Å². The minimum atomic E-state index is -0.680. The molecular weight excluding hydrogens is 252 g/mol. The first-order valence-electron chi connectivity index (χ1n) is 6.06. The van der Waals surface area contributed by atoms with Gasteiger partial charge >= 0.3 is 0 Å². The maximum absolute atomic E-state index is 12.3. The summed E-state index contributed by atoms with van der Waals surface area (Å²) in [6.07, 6.45) is 1.92. The highest BCUT2D eigenvalue weighted by Crippen LogP contribution is 2.31. The lowest BCUT2D eigenvalue weighted by Crippen LogP contribution is -2.45. The second-order valence-electron chi connectivity index (χ2n) is 4.61. The van der Waals surface area contributed by atoms with Crippen molar-refractivity contribution >= 4 is 23.4 Å². The minimum absolute atomic E-state index is 0.109. The molecule has 94 valence electrons. The molecule has 2 heterocycles. The summed E-state index contributed by atoms with van der Waals surface area (Å²) in [4.78, 5) is 24.5. The summed E-state index contributed by atoms with van der Waals surface area (Å²) in [5.41, 5.74) is 0.726. The summed E-state index contributed by atoms with van der Waals surface area (Å²) in [5, 5.41) is 3.78. The topological polar surface area (TPSA) is 40.6 Å². The molecule has 2 saturated heterocycles. The fourth-order valence-electron chi connectivity index (χ4n) is 2.57. The summed E-state index contributed by atoms with van der Waals surface area (Å²) >= 11 is 5.82. The predicted molar refractivity (Wildman–Crippen MR) is 66.9 cm³/mol. The van der Waals surface area contributed by atoms with Gasteiger partial charge in [-0.25, -0.2) is 0 Å². The third-order valence-corrected chi connectivity index (χ3v) is 3.74. The van der Waals surface area contributed by atoms with E-state index >= 15 is 0 Å². The molecule has 0 saturated carbocycles.